The molecule has 134 valence electrons. The zero-order valence-electron chi connectivity index (χ0n) is 14.8. The molecule has 0 radical (unpaired) electrons. The summed E-state index contributed by atoms with van der Waals surface area (Å²) >= 11 is 6.19. The van der Waals surface area contributed by atoms with Crippen molar-refractivity contribution in [2.75, 3.05) is 0 Å². The average molecular weight is 378 g/mol. The second-order valence-electron chi connectivity index (χ2n) is 8.41. The Bertz CT molecular complexity index is 953. The molecule has 2 aliphatic rings. The number of nitrogens with one attached hydrogen (secondary N) is 1. The van der Waals surface area contributed by atoms with E-state index in [4.69, 9.17) is 11.6 Å². The van der Waals surface area contributed by atoms with E-state index in [1.165, 1.54) is 6.42 Å². The highest BCUT2D eigenvalue weighted by molar-refractivity contribution is 7.89. The van der Waals surface area contributed by atoms with Crippen LogP contribution in [0.2, 0.25) is 5.02 Å². The molecule has 0 heterocycles. The minimum Gasteiger partial charge on any atom is -0.207 e. The summed E-state index contributed by atoms with van der Waals surface area (Å²) in [5, 5.41) is 2.35. The lowest BCUT2D eigenvalue weighted by atomic mass is 9.69. The molecular formula is C20H24ClNO2S. The van der Waals surface area contributed by atoms with E-state index >= 15 is 0 Å². The summed E-state index contributed by atoms with van der Waals surface area (Å²) in [6.45, 7) is 6.82. The van der Waals surface area contributed by atoms with Crippen molar-refractivity contribution in [2.45, 2.75) is 51.0 Å². The highest BCUT2D eigenvalue weighted by Gasteiger charge is 2.61. The number of benzene rings is 2. The SMILES string of the molecule is CC1(C)C2CC[C@@]1(C)C(NS(=O)(=O)c1ccc3c(Cl)cccc3c1)C2. The van der Waals surface area contributed by atoms with E-state index in [-0.39, 0.29) is 16.9 Å². The molecule has 2 fully saturated rings. The van der Waals surface area contributed by atoms with Gasteiger partial charge >= 0.3 is 0 Å². The number of hydrogen-bond donors (Lipinski definition) is 1. The smallest absolute Gasteiger partial charge is 0.207 e. The van der Waals surface area contributed by atoms with Crippen molar-refractivity contribution in [3.63, 3.8) is 0 Å². The van der Waals surface area contributed by atoms with Crippen molar-refractivity contribution in [3.05, 3.63) is 41.4 Å². The van der Waals surface area contributed by atoms with Crippen LogP contribution in [-0.4, -0.2) is 14.5 Å². The monoisotopic (exact) mass is 377 g/mol. The van der Waals surface area contributed by atoms with Gasteiger partial charge in [-0.3, -0.25) is 0 Å². The van der Waals surface area contributed by atoms with Gasteiger partial charge in [0, 0.05) is 16.5 Å². The zero-order chi connectivity index (χ0) is 18.0. The predicted molar refractivity (Wildman–Crippen MR) is 102 cm³/mol. The standard InChI is InChI=1S/C20H24ClNO2S/c1-19(2)14-9-10-20(19,3)18(12-14)22-25(23,24)15-7-8-16-13(11-15)5-4-6-17(16)21/h4-8,11,14,18,22H,9-10,12H2,1-3H3/t14?,18?,20-/m0/s1. The second kappa shape index (κ2) is 5.45. The Kier molecular flexibility index (Phi) is 3.77. The van der Waals surface area contributed by atoms with Gasteiger partial charge in [0.25, 0.3) is 0 Å². The van der Waals surface area contributed by atoms with Crippen LogP contribution >= 0.6 is 11.6 Å². The van der Waals surface area contributed by atoms with Gasteiger partial charge in [-0.15, -0.1) is 0 Å². The van der Waals surface area contributed by atoms with E-state index in [2.05, 4.69) is 25.5 Å². The number of fused-ring (bicyclic) bond motifs is 3. The molecule has 5 heteroatoms. The van der Waals surface area contributed by atoms with E-state index in [1.807, 2.05) is 18.2 Å². The Hall–Kier alpha value is -1.10. The molecule has 0 spiro atoms. The highest BCUT2D eigenvalue weighted by Crippen LogP contribution is 2.65. The topological polar surface area (TPSA) is 46.2 Å². The van der Waals surface area contributed by atoms with E-state index < -0.39 is 10.0 Å². The number of sulfonamides is 1. The highest BCUT2D eigenvalue weighted by atomic mass is 35.5. The van der Waals surface area contributed by atoms with Crippen LogP contribution in [0.4, 0.5) is 0 Å². The molecule has 2 aromatic rings. The molecule has 1 N–H and O–H groups in total. The molecular weight excluding hydrogens is 354 g/mol. The van der Waals surface area contributed by atoms with E-state index in [0.717, 1.165) is 23.6 Å². The largest absolute Gasteiger partial charge is 0.240 e. The van der Waals surface area contributed by atoms with Gasteiger partial charge < -0.3 is 0 Å². The van der Waals surface area contributed by atoms with Gasteiger partial charge in [0.1, 0.15) is 0 Å². The van der Waals surface area contributed by atoms with Gasteiger partial charge in [-0.05, 0) is 59.6 Å². The van der Waals surface area contributed by atoms with Crippen LogP contribution < -0.4 is 4.72 Å². The molecule has 0 aliphatic heterocycles. The lowest BCUT2D eigenvalue weighted by molar-refractivity contribution is 0.130. The molecule has 2 bridgehead atoms. The fourth-order valence-corrected chi connectivity index (χ4v) is 6.67. The van der Waals surface area contributed by atoms with E-state index in [0.29, 0.717) is 15.8 Å². The maximum atomic E-state index is 13.0. The Morgan fingerprint density at radius 1 is 1.16 bits per heavy atom. The quantitative estimate of drug-likeness (QED) is 0.819. The molecule has 2 aromatic carbocycles. The first-order chi connectivity index (χ1) is 11.6. The molecule has 3 atom stereocenters. The molecule has 25 heavy (non-hydrogen) atoms. The third-order valence-corrected chi connectivity index (χ3v) is 9.00. The Morgan fingerprint density at radius 2 is 1.92 bits per heavy atom. The molecule has 3 nitrogen and oxygen atoms in total. The normalized spacial score (nSPS) is 30.9. The first-order valence-corrected chi connectivity index (χ1v) is 10.7. The molecule has 2 unspecified atom stereocenters. The van der Waals surface area contributed by atoms with Crippen molar-refractivity contribution in [2.24, 2.45) is 16.7 Å². The van der Waals surface area contributed by atoms with Crippen LogP contribution in [0.5, 0.6) is 0 Å². The van der Waals surface area contributed by atoms with Gasteiger partial charge in [-0.25, -0.2) is 13.1 Å². The van der Waals surface area contributed by atoms with Crippen LogP contribution in [0.25, 0.3) is 10.8 Å². The van der Waals surface area contributed by atoms with E-state index in [1.54, 1.807) is 18.2 Å². The Balaban J connectivity index is 1.67. The lowest BCUT2D eigenvalue weighted by Gasteiger charge is -2.39. The van der Waals surface area contributed by atoms with Gasteiger partial charge in [0.15, 0.2) is 0 Å². The van der Waals surface area contributed by atoms with Crippen molar-refractivity contribution >= 4 is 32.4 Å². The fourth-order valence-electron chi connectivity index (χ4n) is 5.03. The van der Waals surface area contributed by atoms with Crippen molar-refractivity contribution in [1.82, 2.24) is 4.72 Å². The zero-order valence-corrected chi connectivity index (χ0v) is 16.4. The first kappa shape index (κ1) is 17.3. The summed E-state index contributed by atoms with van der Waals surface area (Å²) < 4.78 is 29.0. The van der Waals surface area contributed by atoms with Gasteiger partial charge in [0.05, 0.1) is 4.90 Å². The summed E-state index contributed by atoms with van der Waals surface area (Å²) in [6, 6.07) is 10.7. The van der Waals surface area contributed by atoms with Gasteiger partial charge in [-0.2, -0.15) is 0 Å². The molecule has 2 aliphatic carbocycles. The average Bonchev–Trinajstić information content (AvgIpc) is 2.88. The number of halogens is 1. The predicted octanol–water partition coefficient (Wildman–Crippen LogP) is 4.99. The first-order valence-electron chi connectivity index (χ1n) is 8.86. The Morgan fingerprint density at radius 3 is 2.56 bits per heavy atom. The summed E-state index contributed by atoms with van der Waals surface area (Å²) in [6.07, 6.45) is 3.23. The lowest BCUT2D eigenvalue weighted by Crippen LogP contribution is -2.46. The van der Waals surface area contributed by atoms with Crippen LogP contribution in [0.15, 0.2) is 41.3 Å². The minimum absolute atomic E-state index is 0.00121. The van der Waals surface area contributed by atoms with Crippen molar-refractivity contribution < 1.29 is 8.42 Å². The Labute approximate surface area is 154 Å². The third-order valence-electron chi connectivity index (χ3n) is 7.20. The van der Waals surface area contributed by atoms with Crippen molar-refractivity contribution in [3.8, 4) is 0 Å². The molecule has 2 saturated carbocycles. The van der Waals surface area contributed by atoms with Crippen molar-refractivity contribution in [1.29, 1.82) is 0 Å². The molecule has 4 rings (SSSR count). The molecule has 0 aromatic heterocycles. The summed E-state index contributed by atoms with van der Waals surface area (Å²) in [7, 11) is -3.55. The van der Waals surface area contributed by atoms with Crippen LogP contribution in [0.3, 0.4) is 0 Å². The van der Waals surface area contributed by atoms with Crippen LogP contribution in [0.1, 0.15) is 40.0 Å². The van der Waals surface area contributed by atoms with Crippen LogP contribution in [0, 0.1) is 16.7 Å². The molecule has 0 amide bonds. The molecule has 0 saturated heterocycles. The summed E-state index contributed by atoms with van der Waals surface area (Å²) in [4.78, 5) is 0.312. The summed E-state index contributed by atoms with van der Waals surface area (Å²) in [5.74, 6) is 0.598. The summed E-state index contributed by atoms with van der Waals surface area (Å²) in [5.41, 5.74) is 0.196. The number of hydrogen-bond acceptors (Lipinski definition) is 2. The van der Waals surface area contributed by atoms with Gasteiger partial charge in [0.2, 0.25) is 10.0 Å². The second-order valence-corrected chi connectivity index (χ2v) is 10.5. The minimum atomic E-state index is -3.55. The maximum Gasteiger partial charge on any atom is 0.240 e. The fraction of sp³-hybridized carbons (Fsp3) is 0.500. The number of rotatable bonds is 3. The van der Waals surface area contributed by atoms with E-state index in [9.17, 15) is 8.42 Å². The third kappa shape index (κ3) is 2.45. The maximum absolute atomic E-state index is 13.0. The van der Waals surface area contributed by atoms with Gasteiger partial charge in [-0.1, -0.05) is 50.6 Å². The van der Waals surface area contributed by atoms with Crippen LogP contribution in [-0.2, 0) is 10.0 Å².